The molecule has 0 unspecified atom stereocenters. The summed E-state index contributed by atoms with van der Waals surface area (Å²) in [5.74, 6) is 0.457. The van der Waals surface area contributed by atoms with Crippen molar-refractivity contribution < 1.29 is 13.9 Å². The highest BCUT2D eigenvalue weighted by Crippen LogP contribution is 2.19. The summed E-state index contributed by atoms with van der Waals surface area (Å²) in [5, 5.41) is 3.26. The molecule has 1 aromatic rings. The number of carbonyl (C=O) groups is 1. The summed E-state index contributed by atoms with van der Waals surface area (Å²) in [6.07, 6.45) is 1.53. The van der Waals surface area contributed by atoms with Crippen molar-refractivity contribution in [2.45, 2.75) is 33.2 Å². The zero-order chi connectivity index (χ0) is 17.5. The zero-order valence-corrected chi connectivity index (χ0v) is 17.4. The van der Waals surface area contributed by atoms with Crippen LogP contribution in [0.5, 0.6) is 0 Å². The molecule has 140 valence electrons. The SMILES string of the molecule is CCOC(=O)C1CCN(C(=NC)NCc2ccc(C)c(F)c2)CC1.I. The number of nitrogens with zero attached hydrogens (tertiary/aromatic N) is 2. The Kier molecular flexibility index (Phi) is 9.16. The van der Waals surface area contributed by atoms with Gasteiger partial charge in [0.05, 0.1) is 12.5 Å². The molecule has 0 amide bonds. The normalized spacial score (nSPS) is 15.5. The summed E-state index contributed by atoms with van der Waals surface area (Å²) in [6.45, 7) is 6.03. The van der Waals surface area contributed by atoms with Crippen LogP contribution in [0, 0.1) is 18.7 Å². The van der Waals surface area contributed by atoms with Crippen LogP contribution in [0.2, 0.25) is 0 Å². The predicted molar refractivity (Wildman–Crippen MR) is 108 cm³/mol. The standard InChI is InChI=1S/C18H26FN3O2.HI/c1-4-24-17(23)15-7-9-22(10-8-15)18(20-3)21-12-14-6-5-13(2)16(19)11-14;/h5-6,11,15H,4,7-10,12H2,1-3H3,(H,20,21);1H. The second kappa shape index (κ2) is 10.6. The maximum Gasteiger partial charge on any atom is 0.309 e. The topological polar surface area (TPSA) is 53.9 Å². The number of guanidine groups is 1. The summed E-state index contributed by atoms with van der Waals surface area (Å²) in [4.78, 5) is 18.2. The minimum Gasteiger partial charge on any atom is -0.466 e. The number of rotatable bonds is 4. The Balaban J connectivity index is 0.00000312. The van der Waals surface area contributed by atoms with Crippen LogP contribution >= 0.6 is 24.0 Å². The number of hydrogen-bond donors (Lipinski definition) is 1. The molecule has 1 aliphatic heterocycles. The van der Waals surface area contributed by atoms with Gasteiger partial charge in [-0.3, -0.25) is 9.79 Å². The molecule has 0 atom stereocenters. The van der Waals surface area contributed by atoms with Gasteiger partial charge in [0.2, 0.25) is 0 Å². The maximum absolute atomic E-state index is 13.6. The number of aryl methyl sites for hydroxylation is 1. The number of nitrogens with one attached hydrogen (secondary N) is 1. The number of halogens is 2. The number of hydrogen-bond acceptors (Lipinski definition) is 3. The predicted octanol–water partition coefficient (Wildman–Crippen LogP) is 3.10. The number of ether oxygens (including phenoxy) is 1. The Morgan fingerprint density at radius 2 is 2.08 bits per heavy atom. The number of aliphatic imine (C=N–C) groups is 1. The molecule has 7 heteroatoms. The molecule has 1 heterocycles. The van der Waals surface area contributed by atoms with Crippen molar-refractivity contribution in [2.75, 3.05) is 26.7 Å². The first-order valence-corrected chi connectivity index (χ1v) is 8.42. The maximum atomic E-state index is 13.6. The van der Waals surface area contributed by atoms with E-state index in [4.69, 9.17) is 4.74 Å². The van der Waals surface area contributed by atoms with E-state index in [0.29, 0.717) is 18.7 Å². The third-order valence-corrected chi connectivity index (χ3v) is 4.31. The molecule has 1 saturated heterocycles. The van der Waals surface area contributed by atoms with Crippen LogP contribution in [0.25, 0.3) is 0 Å². The highest BCUT2D eigenvalue weighted by molar-refractivity contribution is 14.0. The van der Waals surface area contributed by atoms with Gasteiger partial charge in [-0.25, -0.2) is 4.39 Å². The van der Waals surface area contributed by atoms with Gasteiger partial charge in [0.15, 0.2) is 5.96 Å². The fourth-order valence-corrected chi connectivity index (χ4v) is 2.85. The van der Waals surface area contributed by atoms with Gasteiger partial charge in [0.25, 0.3) is 0 Å². The molecule has 1 aromatic carbocycles. The van der Waals surface area contributed by atoms with Crippen molar-refractivity contribution in [2.24, 2.45) is 10.9 Å². The fourth-order valence-electron chi connectivity index (χ4n) is 2.85. The largest absolute Gasteiger partial charge is 0.466 e. The summed E-state index contributed by atoms with van der Waals surface area (Å²) in [7, 11) is 1.73. The molecule has 25 heavy (non-hydrogen) atoms. The molecule has 0 saturated carbocycles. The second-order valence-electron chi connectivity index (χ2n) is 6.00. The van der Waals surface area contributed by atoms with Gasteiger partial charge in [-0.05, 0) is 43.9 Å². The van der Waals surface area contributed by atoms with Crippen LogP contribution in [-0.2, 0) is 16.1 Å². The summed E-state index contributed by atoms with van der Waals surface area (Å²) < 4.78 is 18.7. The number of carbonyl (C=O) groups excluding carboxylic acids is 1. The van der Waals surface area contributed by atoms with E-state index in [1.807, 2.05) is 13.0 Å². The minimum atomic E-state index is -0.195. The van der Waals surface area contributed by atoms with E-state index in [2.05, 4.69) is 15.2 Å². The molecule has 0 aliphatic carbocycles. The first-order valence-electron chi connectivity index (χ1n) is 8.42. The lowest BCUT2D eigenvalue weighted by Gasteiger charge is -2.33. The lowest BCUT2D eigenvalue weighted by atomic mass is 9.97. The van der Waals surface area contributed by atoms with E-state index in [1.165, 1.54) is 0 Å². The fraction of sp³-hybridized carbons (Fsp3) is 0.556. The molecule has 2 rings (SSSR count). The number of piperidine rings is 1. The van der Waals surface area contributed by atoms with Crippen molar-refractivity contribution in [3.63, 3.8) is 0 Å². The Labute approximate surface area is 166 Å². The van der Waals surface area contributed by atoms with Crippen LogP contribution in [-0.4, -0.2) is 43.6 Å². The molecule has 0 bridgehead atoms. The van der Waals surface area contributed by atoms with Gasteiger partial charge in [0.1, 0.15) is 5.82 Å². The van der Waals surface area contributed by atoms with E-state index in [9.17, 15) is 9.18 Å². The molecule has 0 aromatic heterocycles. The Bertz CT molecular complexity index is 602. The third-order valence-electron chi connectivity index (χ3n) is 4.31. The summed E-state index contributed by atoms with van der Waals surface area (Å²) in [6, 6.07) is 5.23. The van der Waals surface area contributed by atoms with Gasteiger partial charge in [-0.2, -0.15) is 0 Å². The van der Waals surface area contributed by atoms with E-state index in [-0.39, 0.29) is 41.7 Å². The van der Waals surface area contributed by atoms with E-state index >= 15 is 0 Å². The van der Waals surface area contributed by atoms with E-state index in [1.54, 1.807) is 26.1 Å². The molecule has 1 fully saturated rings. The second-order valence-corrected chi connectivity index (χ2v) is 6.00. The van der Waals surface area contributed by atoms with Crippen molar-refractivity contribution in [1.82, 2.24) is 10.2 Å². The lowest BCUT2D eigenvalue weighted by molar-refractivity contribution is -0.149. The van der Waals surface area contributed by atoms with Gasteiger partial charge < -0.3 is 15.0 Å². The van der Waals surface area contributed by atoms with Gasteiger partial charge in [-0.1, -0.05) is 12.1 Å². The molecular weight excluding hydrogens is 436 g/mol. The molecule has 1 N–H and O–H groups in total. The van der Waals surface area contributed by atoms with Crippen LogP contribution in [0.15, 0.2) is 23.2 Å². The quantitative estimate of drug-likeness (QED) is 0.323. The van der Waals surface area contributed by atoms with Crippen molar-refractivity contribution in [3.05, 3.63) is 35.1 Å². The van der Waals surface area contributed by atoms with E-state index < -0.39 is 0 Å². The highest BCUT2D eigenvalue weighted by Gasteiger charge is 2.27. The molecule has 1 aliphatic rings. The molecular formula is C18H27FIN3O2. The number of benzene rings is 1. The minimum absolute atomic E-state index is 0. The van der Waals surface area contributed by atoms with Crippen LogP contribution in [0.3, 0.4) is 0 Å². The van der Waals surface area contributed by atoms with Crippen molar-refractivity contribution in [1.29, 1.82) is 0 Å². The third kappa shape index (κ3) is 6.13. The summed E-state index contributed by atoms with van der Waals surface area (Å²) >= 11 is 0. The molecule has 0 spiro atoms. The van der Waals surface area contributed by atoms with Crippen molar-refractivity contribution >= 4 is 35.9 Å². The van der Waals surface area contributed by atoms with Crippen molar-refractivity contribution in [3.8, 4) is 0 Å². The first kappa shape index (κ1) is 21.7. The monoisotopic (exact) mass is 463 g/mol. The average molecular weight is 463 g/mol. The molecule has 0 radical (unpaired) electrons. The van der Waals surface area contributed by atoms with Gasteiger partial charge >= 0.3 is 5.97 Å². The first-order chi connectivity index (χ1) is 11.5. The van der Waals surface area contributed by atoms with Crippen LogP contribution < -0.4 is 5.32 Å². The van der Waals surface area contributed by atoms with Crippen LogP contribution in [0.4, 0.5) is 4.39 Å². The smallest absolute Gasteiger partial charge is 0.309 e. The Morgan fingerprint density at radius 3 is 2.64 bits per heavy atom. The van der Waals surface area contributed by atoms with Crippen LogP contribution in [0.1, 0.15) is 30.9 Å². The lowest BCUT2D eigenvalue weighted by Crippen LogP contribution is -2.46. The Hall–Kier alpha value is -1.38. The molecule has 5 nitrogen and oxygen atoms in total. The Morgan fingerprint density at radius 1 is 1.40 bits per heavy atom. The highest BCUT2D eigenvalue weighted by atomic mass is 127. The van der Waals surface area contributed by atoms with E-state index in [0.717, 1.165) is 37.5 Å². The number of likely N-dealkylation sites (tertiary alicyclic amines) is 1. The zero-order valence-electron chi connectivity index (χ0n) is 15.0. The summed E-state index contributed by atoms with van der Waals surface area (Å²) in [5.41, 5.74) is 1.52. The van der Waals surface area contributed by atoms with Gasteiger partial charge in [0, 0.05) is 26.7 Å². The number of esters is 1. The average Bonchev–Trinajstić information content (AvgIpc) is 2.59. The van der Waals surface area contributed by atoms with Gasteiger partial charge in [-0.15, -0.1) is 24.0 Å².